The highest BCUT2D eigenvalue weighted by Gasteiger charge is 2.68. The second-order valence-electron chi connectivity index (χ2n) is 7.45. The molecular formula is C18H23NO. The molecule has 4 fully saturated rings. The number of nitrogens with two attached hydrogens (primary N) is 1. The zero-order chi connectivity index (χ0) is 14.0. The van der Waals surface area contributed by atoms with Crippen LogP contribution < -0.4 is 5.73 Å². The molecule has 4 saturated carbocycles. The van der Waals surface area contributed by atoms with Gasteiger partial charge in [0.05, 0.1) is 0 Å². The predicted molar refractivity (Wildman–Crippen MR) is 79.0 cm³/mol. The van der Waals surface area contributed by atoms with Gasteiger partial charge in [0, 0.05) is 5.92 Å². The molecule has 0 radical (unpaired) electrons. The summed E-state index contributed by atoms with van der Waals surface area (Å²) in [5.41, 5.74) is 7.94. The molecule has 5 atom stereocenters. The highest BCUT2D eigenvalue weighted by atomic mass is 16.1. The normalized spacial score (nSPS) is 45.0. The largest absolute Gasteiger partial charge is 0.369 e. The second-order valence-corrected chi connectivity index (χ2v) is 7.45. The van der Waals surface area contributed by atoms with Gasteiger partial charge >= 0.3 is 0 Å². The Kier molecular flexibility index (Phi) is 2.40. The molecule has 1 aromatic carbocycles. The van der Waals surface area contributed by atoms with Gasteiger partial charge in [0.1, 0.15) is 0 Å². The van der Waals surface area contributed by atoms with Gasteiger partial charge in [0.2, 0.25) is 5.91 Å². The minimum absolute atomic E-state index is 0.0427. The molecule has 1 aromatic rings. The van der Waals surface area contributed by atoms with Crippen molar-refractivity contribution in [1.82, 2.24) is 0 Å². The fourth-order valence-electron chi connectivity index (χ4n) is 6.17. The Morgan fingerprint density at radius 2 is 2.00 bits per heavy atom. The van der Waals surface area contributed by atoms with E-state index in [1.807, 2.05) is 0 Å². The Morgan fingerprint density at radius 3 is 2.65 bits per heavy atom. The van der Waals surface area contributed by atoms with Crippen molar-refractivity contribution in [3.05, 3.63) is 35.9 Å². The lowest BCUT2D eigenvalue weighted by molar-refractivity contribution is -0.125. The lowest BCUT2D eigenvalue weighted by Gasteiger charge is -2.42. The van der Waals surface area contributed by atoms with Crippen molar-refractivity contribution in [3.8, 4) is 0 Å². The Balaban J connectivity index is 1.78. The molecule has 5 rings (SSSR count). The average molecular weight is 269 g/mol. The molecule has 20 heavy (non-hydrogen) atoms. The predicted octanol–water partition coefficient (Wildman–Crippen LogP) is 3.26. The number of amides is 1. The highest BCUT2D eigenvalue weighted by Crippen LogP contribution is 2.73. The Morgan fingerprint density at radius 1 is 1.25 bits per heavy atom. The van der Waals surface area contributed by atoms with Crippen LogP contribution in [0.15, 0.2) is 30.3 Å². The number of carbonyl (C=O) groups excluding carboxylic acids is 1. The Bertz CT molecular complexity index is 554. The van der Waals surface area contributed by atoms with Gasteiger partial charge < -0.3 is 5.73 Å². The first-order valence-corrected chi connectivity index (χ1v) is 7.95. The quantitative estimate of drug-likeness (QED) is 0.899. The molecule has 4 aliphatic rings. The van der Waals surface area contributed by atoms with Gasteiger partial charge in [-0.1, -0.05) is 43.7 Å². The minimum Gasteiger partial charge on any atom is -0.369 e. The van der Waals surface area contributed by atoms with Gasteiger partial charge in [-0.2, -0.15) is 0 Å². The van der Waals surface area contributed by atoms with Crippen LogP contribution in [0.2, 0.25) is 0 Å². The number of hydrogen-bond acceptors (Lipinski definition) is 1. The van der Waals surface area contributed by atoms with E-state index in [2.05, 4.69) is 37.3 Å². The van der Waals surface area contributed by atoms with Crippen molar-refractivity contribution < 1.29 is 4.79 Å². The zero-order valence-corrected chi connectivity index (χ0v) is 12.1. The maximum Gasteiger partial charge on any atom is 0.221 e. The molecule has 4 bridgehead atoms. The Labute approximate surface area is 120 Å². The third kappa shape index (κ3) is 1.37. The van der Waals surface area contributed by atoms with E-state index in [1.54, 1.807) is 0 Å². The maximum absolute atomic E-state index is 11.9. The van der Waals surface area contributed by atoms with Crippen molar-refractivity contribution in [3.63, 3.8) is 0 Å². The van der Waals surface area contributed by atoms with Gasteiger partial charge in [-0.15, -0.1) is 0 Å². The number of hydrogen-bond donors (Lipinski definition) is 1. The molecule has 0 aliphatic heterocycles. The molecular weight excluding hydrogens is 246 g/mol. The molecule has 2 heteroatoms. The van der Waals surface area contributed by atoms with Crippen LogP contribution in [0.25, 0.3) is 0 Å². The zero-order valence-electron chi connectivity index (χ0n) is 12.1. The molecule has 106 valence electrons. The van der Waals surface area contributed by atoms with Crippen LogP contribution in [0.5, 0.6) is 0 Å². The van der Waals surface area contributed by atoms with E-state index < -0.39 is 0 Å². The van der Waals surface area contributed by atoms with Crippen molar-refractivity contribution >= 4 is 5.91 Å². The SMILES string of the molecule is CCC12CC3CC(c4ccccc4)(CC1C3C(N)=O)C2. The summed E-state index contributed by atoms with van der Waals surface area (Å²) >= 11 is 0. The summed E-state index contributed by atoms with van der Waals surface area (Å²) < 4.78 is 0. The fourth-order valence-corrected chi connectivity index (χ4v) is 6.17. The average Bonchev–Trinajstić information content (AvgIpc) is 2.82. The van der Waals surface area contributed by atoms with Gasteiger partial charge in [0.15, 0.2) is 0 Å². The monoisotopic (exact) mass is 269 g/mol. The molecule has 0 aromatic heterocycles. The van der Waals surface area contributed by atoms with E-state index in [9.17, 15) is 4.79 Å². The summed E-state index contributed by atoms with van der Waals surface area (Å²) in [4.78, 5) is 11.9. The summed E-state index contributed by atoms with van der Waals surface area (Å²) in [6.45, 7) is 2.31. The van der Waals surface area contributed by atoms with Crippen molar-refractivity contribution in [2.75, 3.05) is 0 Å². The molecule has 2 N–H and O–H groups in total. The third-order valence-corrected chi connectivity index (χ3v) is 6.77. The Hall–Kier alpha value is -1.31. The molecule has 5 unspecified atom stereocenters. The molecule has 1 amide bonds. The first-order valence-electron chi connectivity index (χ1n) is 7.95. The minimum atomic E-state index is -0.0427. The lowest BCUT2D eigenvalue weighted by Crippen LogP contribution is -2.40. The summed E-state index contributed by atoms with van der Waals surface area (Å²) in [6, 6.07) is 11.0. The second kappa shape index (κ2) is 3.87. The van der Waals surface area contributed by atoms with Crippen LogP contribution in [0.3, 0.4) is 0 Å². The van der Waals surface area contributed by atoms with Crippen LogP contribution in [-0.2, 0) is 10.2 Å². The van der Waals surface area contributed by atoms with E-state index in [4.69, 9.17) is 5.73 Å². The standard InChI is InChI=1S/C18H23NO/c1-2-17-8-12-9-18(11-17,13-6-4-3-5-7-13)10-14(17)15(12)16(19)20/h3-7,12,14-15H,2,8-11H2,1H3,(H2,19,20). The summed E-state index contributed by atoms with van der Waals surface area (Å²) in [5, 5.41) is 0. The summed E-state index contributed by atoms with van der Waals surface area (Å²) in [5.74, 6) is 1.16. The van der Waals surface area contributed by atoms with Crippen LogP contribution >= 0.6 is 0 Å². The number of primary amides is 1. The van der Waals surface area contributed by atoms with Crippen molar-refractivity contribution in [2.24, 2.45) is 28.9 Å². The molecule has 0 spiro atoms. The van der Waals surface area contributed by atoms with E-state index in [-0.39, 0.29) is 11.8 Å². The highest BCUT2D eigenvalue weighted by molar-refractivity contribution is 5.78. The van der Waals surface area contributed by atoms with Crippen LogP contribution in [0, 0.1) is 23.2 Å². The maximum atomic E-state index is 11.9. The van der Waals surface area contributed by atoms with Gasteiger partial charge in [-0.25, -0.2) is 0 Å². The van der Waals surface area contributed by atoms with E-state index in [0.29, 0.717) is 22.7 Å². The first-order chi connectivity index (χ1) is 9.60. The summed E-state index contributed by atoms with van der Waals surface area (Å²) in [7, 11) is 0. The van der Waals surface area contributed by atoms with Crippen molar-refractivity contribution in [2.45, 2.75) is 44.4 Å². The van der Waals surface area contributed by atoms with E-state index in [0.717, 1.165) is 0 Å². The topological polar surface area (TPSA) is 43.1 Å². The molecule has 2 nitrogen and oxygen atoms in total. The fraction of sp³-hybridized carbons (Fsp3) is 0.611. The molecule has 0 saturated heterocycles. The lowest BCUT2D eigenvalue weighted by atomic mass is 9.61. The molecule has 0 heterocycles. The number of benzene rings is 1. The van der Waals surface area contributed by atoms with E-state index >= 15 is 0 Å². The van der Waals surface area contributed by atoms with E-state index in [1.165, 1.54) is 37.7 Å². The third-order valence-electron chi connectivity index (χ3n) is 6.77. The number of carbonyl (C=O) groups is 1. The first kappa shape index (κ1) is 12.4. The summed E-state index contributed by atoms with van der Waals surface area (Å²) in [6.07, 6.45) is 6.05. The smallest absolute Gasteiger partial charge is 0.221 e. The van der Waals surface area contributed by atoms with Crippen LogP contribution in [0.1, 0.15) is 44.6 Å². The van der Waals surface area contributed by atoms with Gasteiger partial charge in [0.25, 0.3) is 0 Å². The van der Waals surface area contributed by atoms with Gasteiger partial charge in [-0.05, 0) is 53.9 Å². The number of rotatable bonds is 3. The molecule has 4 aliphatic carbocycles. The van der Waals surface area contributed by atoms with Crippen LogP contribution in [-0.4, -0.2) is 5.91 Å². The van der Waals surface area contributed by atoms with Crippen LogP contribution in [0.4, 0.5) is 0 Å². The van der Waals surface area contributed by atoms with Crippen molar-refractivity contribution in [1.29, 1.82) is 0 Å². The van der Waals surface area contributed by atoms with Gasteiger partial charge in [-0.3, -0.25) is 4.79 Å².